The Morgan fingerprint density at radius 2 is 2.18 bits per heavy atom. The van der Waals surface area contributed by atoms with Crippen molar-refractivity contribution in [3.8, 4) is 0 Å². The van der Waals surface area contributed by atoms with Crippen LogP contribution in [0.5, 0.6) is 0 Å². The van der Waals surface area contributed by atoms with E-state index in [1.54, 1.807) is 13.2 Å². The van der Waals surface area contributed by atoms with E-state index in [4.69, 9.17) is 4.52 Å². The van der Waals surface area contributed by atoms with E-state index in [1.807, 2.05) is 25.1 Å². The number of nitrogens with zero attached hydrogens (tertiary/aromatic N) is 4. The van der Waals surface area contributed by atoms with Crippen molar-refractivity contribution in [2.75, 3.05) is 13.6 Å². The molecule has 2 aromatic heterocycles. The van der Waals surface area contributed by atoms with E-state index in [0.717, 1.165) is 31.0 Å². The van der Waals surface area contributed by atoms with Crippen LogP contribution in [0.15, 0.2) is 33.9 Å². The van der Waals surface area contributed by atoms with E-state index in [9.17, 15) is 0 Å². The van der Waals surface area contributed by atoms with Gasteiger partial charge in [0.2, 0.25) is 5.89 Å². The summed E-state index contributed by atoms with van der Waals surface area (Å²) >= 11 is 0. The third kappa shape index (κ3) is 6.37. The maximum atomic E-state index is 5.06. The van der Waals surface area contributed by atoms with Crippen LogP contribution in [0.4, 0.5) is 0 Å². The van der Waals surface area contributed by atoms with Crippen LogP contribution >= 0.6 is 24.0 Å². The number of aryl methyl sites for hydroxylation is 2. The summed E-state index contributed by atoms with van der Waals surface area (Å²) in [4.78, 5) is 12.6. The Morgan fingerprint density at radius 3 is 2.82 bits per heavy atom. The molecule has 7 nitrogen and oxygen atoms in total. The van der Waals surface area contributed by atoms with Crippen molar-refractivity contribution in [2.24, 2.45) is 4.99 Å². The van der Waals surface area contributed by atoms with E-state index in [1.165, 1.54) is 0 Å². The van der Waals surface area contributed by atoms with Crippen LogP contribution in [0.25, 0.3) is 0 Å². The Bertz CT molecular complexity index is 572. The first-order valence-corrected chi connectivity index (χ1v) is 6.91. The van der Waals surface area contributed by atoms with Gasteiger partial charge in [-0.2, -0.15) is 4.98 Å². The first-order valence-electron chi connectivity index (χ1n) is 6.91. The van der Waals surface area contributed by atoms with Crippen molar-refractivity contribution in [3.63, 3.8) is 0 Å². The summed E-state index contributed by atoms with van der Waals surface area (Å²) in [6, 6.07) is 5.83. The van der Waals surface area contributed by atoms with Crippen LogP contribution in [-0.4, -0.2) is 34.7 Å². The van der Waals surface area contributed by atoms with Crippen molar-refractivity contribution in [1.82, 2.24) is 25.8 Å². The summed E-state index contributed by atoms with van der Waals surface area (Å²) in [6.45, 7) is 3.24. The molecule has 2 heterocycles. The molecule has 8 heteroatoms. The highest BCUT2D eigenvalue weighted by molar-refractivity contribution is 14.0. The number of pyridine rings is 1. The minimum atomic E-state index is 0. The van der Waals surface area contributed by atoms with Gasteiger partial charge in [-0.3, -0.25) is 9.98 Å². The average Bonchev–Trinajstić information content (AvgIpc) is 2.93. The minimum Gasteiger partial charge on any atom is -0.356 e. The normalized spacial score (nSPS) is 10.9. The summed E-state index contributed by atoms with van der Waals surface area (Å²) in [7, 11) is 1.75. The maximum Gasteiger partial charge on any atom is 0.226 e. The number of nitrogens with one attached hydrogen (secondary N) is 2. The van der Waals surface area contributed by atoms with E-state index in [2.05, 4.69) is 30.8 Å². The van der Waals surface area contributed by atoms with Crippen molar-refractivity contribution in [3.05, 3.63) is 41.8 Å². The summed E-state index contributed by atoms with van der Waals surface area (Å²) in [5, 5.41) is 10.2. The maximum absolute atomic E-state index is 5.06. The monoisotopic (exact) mass is 416 g/mol. The van der Waals surface area contributed by atoms with Crippen molar-refractivity contribution in [1.29, 1.82) is 0 Å². The molecule has 0 saturated heterocycles. The number of rotatable bonds is 6. The molecule has 2 aromatic rings. The predicted molar refractivity (Wildman–Crippen MR) is 95.2 cm³/mol. The predicted octanol–water partition coefficient (Wildman–Crippen LogP) is 1.69. The van der Waals surface area contributed by atoms with Gasteiger partial charge in [0, 0.05) is 26.2 Å². The van der Waals surface area contributed by atoms with Crippen LogP contribution in [-0.2, 0) is 13.0 Å². The summed E-state index contributed by atoms with van der Waals surface area (Å²) in [5.74, 6) is 2.10. The fourth-order valence-electron chi connectivity index (χ4n) is 1.79. The highest BCUT2D eigenvalue weighted by Gasteiger charge is 2.03. The minimum absolute atomic E-state index is 0. The fraction of sp³-hybridized carbons (Fsp3) is 0.429. The highest BCUT2D eigenvalue weighted by atomic mass is 127. The average molecular weight is 416 g/mol. The SMILES string of the molecule is CN=C(NCCCc1nc(C)no1)NCc1ccccn1.I. The summed E-state index contributed by atoms with van der Waals surface area (Å²) < 4.78 is 5.06. The Kier molecular flexibility index (Phi) is 8.41. The highest BCUT2D eigenvalue weighted by Crippen LogP contribution is 1.99. The lowest BCUT2D eigenvalue weighted by Crippen LogP contribution is -2.37. The standard InChI is InChI=1S/C14H20N6O.HI/c1-11-19-13(21-20-11)7-5-9-17-14(15-2)18-10-12-6-3-4-8-16-12;/h3-4,6,8H,5,7,9-10H2,1-2H3,(H2,15,17,18);1H. The topological polar surface area (TPSA) is 88.2 Å². The molecule has 2 N–H and O–H groups in total. The molecule has 0 aliphatic rings. The van der Waals surface area contributed by atoms with Gasteiger partial charge in [-0.25, -0.2) is 0 Å². The molecule has 0 atom stereocenters. The summed E-state index contributed by atoms with van der Waals surface area (Å²) in [5.41, 5.74) is 0.974. The van der Waals surface area contributed by atoms with Gasteiger partial charge in [0.05, 0.1) is 12.2 Å². The van der Waals surface area contributed by atoms with Gasteiger partial charge in [-0.1, -0.05) is 11.2 Å². The van der Waals surface area contributed by atoms with E-state index in [-0.39, 0.29) is 24.0 Å². The molecule has 0 amide bonds. The molecule has 22 heavy (non-hydrogen) atoms. The first kappa shape index (κ1) is 18.3. The van der Waals surface area contributed by atoms with Crippen molar-refractivity contribution >= 4 is 29.9 Å². The van der Waals surface area contributed by atoms with Gasteiger partial charge >= 0.3 is 0 Å². The van der Waals surface area contributed by atoms with Crippen LogP contribution in [0.1, 0.15) is 23.8 Å². The zero-order valence-corrected chi connectivity index (χ0v) is 15.1. The molecule has 0 unspecified atom stereocenters. The van der Waals surface area contributed by atoms with Gasteiger partial charge in [0.25, 0.3) is 0 Å². The lowest BCUT2D eigenvalue weighted by molar-refractivity contribution is 0.372. The van der Waals surface area contributed by atoms with Crippen LogP contribution in [0.3, 0.4) is 0 Å². The molecule has 120 valence electrons. The largest absolute Gasteiger partial charge is 0.356 e. The lowest BCUT2D eigenvalue weighted by atomic mass is 10.3. The molecule has 0 saturated carbocycles. The van der Waals surface area contributed by atoms with E-state index >= 15 is 0 Å². The number of halogens is 1. The molecule has 0 radical (unpaired) electrons. The zero-order chi connectivity index (χ0) is 14.9. The second-order valence-corrected chi connectivity index (χ2v) is 4.51. The molecule has 0 bridgehead atoms. The van der Waals surface area contributed by atoms with Gasteiger partial charge in [-0.05, 0) is 25.5 Å². The number of aromatic nitrogens is 3. The summed E-state index contributed by atoms with van der Waals surface area (Å²) in [6.07, 6.45) is 3.43. The lowest BCUT2D eigenvalue weighted by Gasteiger charge is -2.10. The van der Waals surface area contributed by atoms with Crippen LogP contribution in [0, 0.1) is 6.92 Å². The molecule has 0 aliphatic heterocycles. The number of hydrogen-bond acceptors (Lipinski definition) is 5. The van der Waals surface area contributed by atoms with Crippen LogP contribution < -0.4 is 10.6 Å². The molecular formula is C14H21IN6O. The Labute approximate surface area is 147 Å². The molecule has 0 aromatic carbocycles. The second-order valence-electron chi connectivity index (χ2n) is 4.51. The Hall–Kier alpha value is -1.71. The molecule has 0 spiro atoms. The molecular weight excluding hydrogens is 395 g/mol. The molecule has 2 rings (SSSR count). The van der Waals surface area contributed by atoms with Crippen LogP contribution in [0.2, 0.25) is 0 Å². The fourth-order valence-corrected chi connectivity index (χ4v) is 1.79. The second kappa shape index (κ2) is 10.1. The first-order chi connectivity index (χ1) is 10.3. The number of hydrogen-bond donors (Lipinski definition) is 2. The number of aliphatic imine (C=N–C) groups is 1. The molecule has 0 aliphatic carbocycles. The smallest absolute Gasteiger partial charge is 0.226 e. The quantitative estimate of drug-likeness (QED) is 0.323. The number of guanidine groups is 1. The van der Waals surface area contributed by atoms with Crippen molar-refractivity contribution < 1.29 is 4.52 Å². The van der Waals surface area contributed by atoms with Gasteiger partial charge < -0.3 is 15.2 Å². The van der Waals surface area contributed by atoms with Gasteiger partial charge in [0.15, 0.2) is 11.8 Å². The van der Waals surface area contributed by atoms with Gasteiger partial charge in [0.1, 0.15) is 0 Å². The Morgan fingerprint density at radius 1 is 1.32 bits per heavy atom. The van der Waals surface area contributed by atoms with Gasteiger partial charge in [-0.15, -0.1) is 24.0 Å². The zero-order valence-electron chi connectivity index (χ0n) is 12.7. The third-order valence-electron chi connectivity index (χ3n) is 2.82. The van der Waals surface area contributed by atoms with E-state index in [0.29, 0.717) is 18.3 Å². The van der Waals surface area contributed by atoms with E-state index < -0.39 is 0 Å². The molecule has 0 fully saturated rings. The van der Waals surface area contributed by atoms with Crippen molar-refractivity contribution in [2.45, 2.75) is 26.3 Å². The Balaban J connectivity index is 0.00000242. The third-order valence-corrected chi connectivity index (χ3v) is 2.82.